The molecule has 114 valence electrons. The van der Waals surface area contributed by atoms with E-state index in [0.29, 0.717) is 6.42 Å². The first kappa shape index (κ1) is 14.9. The number of nitrogens with zero attached hydrogens (tertiary/aromatic N) is 2. The van der Waals surface area contributed by atoms with Crippen LogP contribution in [0, 0.1) is 25.7 Å². The van der Waals surface area contributed by atoms with Gasteiger partial charge in [-0.3, -0.25) is 4.79 Å². The number of carbonyl (C=O) groups is 1. The molecule has 2 heterocycles. The Morgan fingerprint density at radius 1 is 1.13 bits per heavy atom. The van der Waals surface area contributed by atoms with Crippen molar-refractivity contribution in [3.8, 4) is 23.1 Å². The molecular formula is C19H17N3O. The van der Waals surface area contributed by atoms with Gasteiger partial charge in [0, 0.05) is 11.8 Å². The zero-order valence-electron chi connectivity index (χ0n) is 13.1. The first-order chi connectivity index (χ1) is 11.0. The lowest BCUT2D eigenvalue weighted by molar-refractivity contribution is -0.112. The molecule has 23 heavy (non-hydrogen) atoms. The molecule has 0 aliphatic heterocycles. The summed E-state index contributed by atoms with van der Waals surface area (Å²) < 4.78 is 2.03. The van der Waals surface area contributed by atoms with Crippen molar-refractivity contribution in [1.82, 2.24) is 9.38 Å². The summed E-state index contributed by atoms with van der Waals surface area (Å²) in [5, 5.41) is 0. The third-order valence-electron chi connectivity index (χ3n) is 3.66. The first-order valence-corrected chi connectivity index (χ1v) is 7.37. The number of hydrogen-bond acceptors (Lipinski definition) is 2. The third-order valence-corrected chi connectivity index (χ3v) is 3.66. The zero-order valence-corrected chi connectivity index (χ0v) is 13.1. The summed E-state index contributed by atoms with van der Waals surface area (Å²) in [5.41, 5.74) is 11.2. The van der Waals surface area contributed by atoms with Gasteiger partial charge in [0.2, 0.25) is 0 Å². The summed E-state index contributed by atoms with van der Waals surface area (Å²) in [6.07, 6.45) is 2.44. The summed E-state index contributed by atoms with van der Waals surface area (Å²) in [4.78, 5) is 15.6. The van der Waals surface area contributed by atoms with E-state index in [9.17, 15) is 4.79 Å². The Labute approximate surface area is 135 Å². The fraction of sp³-hybridized carbons (Fsp3) is 0.158. The monoisotopic (exact) mass is 303 g/mol. The number of rotatable bonds is 2. The van der Waals surface area contributed by atoms with Crippen molar-refractivity contribution >= 4 is 11.6 Å². The smallest absolute Gasteiger partial charge is 0.293 e. The molecule has 4 nitrogen and oxygen atoms in total. The SMILES string of the molecule is Cc1ccc(-c2nc3ccc(C)cn3c2CC#CC(N)=O)cc1. The average molecular weight is 303 g/mol. The minimum Gasteiger partial charge on any atom is -0.359 e. The summed E-state index contributed by atoms with van der Waals surface area (Å²) in [6.45, 7) is 4.08. The van der Waals surface area contributed by atoms with E-state index >= 15 is 0 Å². The van der Waals surface area contributed by atoms with E-state index in [2.05, 4.69) is 43.0 Å². The zero-order chi connectivity index (χ0) is 16.4. The molecule has 1 aromatic carbocycles. The summed E-state index contributed by atoms with van der Waals surface area (Å²) in [6, 6.07) is 12.2. The number of aryl methyl sites for hydroxylation is 2. The van der Waals surface area contributed by atoms with Crippen molar-refractivity contribution in [2.75, 3.05) is 0 Å². The highest BCUT2D eigenvalue weighted by atomic mass is 16.1. The highest BCUT2D eigenvalue weighted by Crippen LogP contribution is 2.25. The number of benzene rings is 1. The van der Waals surface area contributed by atoms with Gasteiger partial charge in [0.15, 0.2) is 0 Å². The van der Waals surface area contributed by atoms with Crippen LogP contribution in [0.15, 0.2) is 42.6 Å². The Bertz CT molecular complexity index is 940. The molecule has 1 amide bonds. The Morgan fingerprint density at radius 3 is 2.52 bits per heavy atom. The molecule has 0 saturated heterocycles. The standard InChI is InChI=1S/C19H17N3O/c1-13-6-9-15(10-7-13)19-16(4-3-5-17(20)23)22-12-14(2)8-11-18(22)21-19/h6-12H,4H2,1-2H3,(H2,20,23). The summed E-state index contributed by atoms with van der Waals surface area (Å²) >= 11 is 0. The minimum atomic E-state index is -0.619. The molecule has 0 saturated carbocycles. The number of hydrogen-bond donors (Lipinski definition) is 1. The molecule has 0 fully saturated rings. The maximum Gasteiger partial charge on any atom is 0.293 e. The molecule has 0 unspecified atom stereocenters. The fourth-order valence-electron chi connectivity index (χ4n) is 2.53. The first-order valence-electron chi connectivity index (χ1n) is 7.37. The largest absolute Gasteiger partial charge is 0.359 e. The fourth-order valence-corrected chi connectivity index (χ4v) is 2.53. The van der Waals surface area contributed by atoms with Gasteiger partial charge < -0.3 is 10.1 Å². The van der Waals surface area contributed by atoms with Crippen LogP contribution >= 0.6 is 0 Å². The molecule has 0 aliphatic carbocycles. The summed E-state index contributed by atoms with van der Waals surface area (Å²) in [5.74, 6) is 4.62. The Balaban J connectivity index is 2.17. The third kappa shape index (κ3) is 3.09. The van der Waals surface area contributed by atoms with Crippen LogP contribution in [0.1, 0.15) is 16.8 Å². The van der Waals surface area contributed by atoms with Gasteiger partial charge in [-0.1, -0.05) is 41.8 Å². The number of carbonyl (C=O) groups excluding carboxylic acids is 1. The van der Waals surface area contributed by atoms with Gasteiger partial charge >= 0.3 is 0 Å². The van der Waals surface area contributed by atoms with Crippen molar-refractivity contribution in [2.45, 2.75) is 20.3 Å². The highest BCUT2D eigenvalue weighted by Gasteiger charge is 2.13. The minimum absolute atomic E-state index is 0.413. The predicted octanol–water partition coefficient (Wildman–Crippen LogP) is 2.65. The number of nitrogens with two attached hydrogens (primary N) is 1. The number of fused-ring (bicyclic) bond motifs is 1. The van der Waals surface area contributed by atoms with Crippen molar-refractivity contribution in [1.29, 1.82) is 0 Å². The average Bonchev–Trinajstić information content (AvgIpc) is 2.86. The van der Waals surface area contributed by atoms with E-state index in [1.165, 1.54) is 5.56 Å². The lowest BCUT2D eigenvalue weighted by atomic mass is 10.1. The van der Waals surface area contributed by atoms with E-state index < -0.39 is 5.91 Å². The Morgan fingerprint density at radius 2 is 1.83 bits per heavy atom. The van der Waals surface area contributed by atoms with Crippen LogP contribution in [0.3, 0.4) is 0 Å². The second-order valence-corrected chi connectivity index (χ2v) is 5.55. The van der Waals surface area contributed by atoms with E-state index in [4.69, 9.17) is 10.7 Å². The number of pyridine rings is 1. The van der Waals surface area contributed by atoms with Crippen LogP contribution in [-0.2, 0) is 11.2 Å². The van der Waals surface area contributed by atoms with E-state index in [-0.39, 0.29) is 0 Å². The van der Waals surface area contributed by atoms with Crippen LogP contribution in [0.25, 0.3) is 16.9 Å². The van der Waals surface area contributed by atoms with E-state index in [0.717, 1.165) is 28.2 Å². The number of primary amides is 1. The van der Waals surface area contributed by atoms with Crippen LogP contribution in [0.4, 0.5) is 0 Å². The summed E-state index contributed by atoms with van der Waals surface area (Å²) in [7, 11) is 0. The molecule has 4 heteroatoms. The molecular weight excluding hydrogens is 286 g/mol. The van der Waals surface area contributed by atoms with Gasteiger partial charge in [-0.25, -0.2) is 4.98 Å². The number of imidazole rings is 1. The quantitative estimate of drug-likeness (QED) is 0.740. The molecule has 2 aromatic heterocycles. The van der Waals surface area contributed by atoms with Crippen LogP contribution in [-0.4, -0.2) is 15.3 Å². The van der Waals surface area contributed by atoms with Crippen molar-refractivity contribution in [3.05, 3.63) is 59.4 Å². The predicted molar refractivity (Wildman–Crippen MR) is 90.8 cm³/mol. The topological polar surface area (TPSA) is 60.4 Å². The van der Waals surface area contributed by atoms with Crippen molar-refractivity contribution in [2.24, 2.45) is 5.73 Å². The molecule has 3 aromatic rings. The number of amides is 1. The number of aromatic nitrogens is 2. The molecule has 0 bridgehead atoms. The van der Waals surface area contributed by atoms with Crippen LogP contribution in [0.5, 0.6) is 0 Å². The second-order valence-electron chi connectivity index (χ2n) is 5.55. The van der Waals surface area contributed by atoms with E-state index in [1.807, 2.05) is 29.7 Å². The molecule has 0 radical (unpaired) electrons. The molecule has 0 atom stereocenters. The molecule has 0 aliphatic rings. The maximum atomic E-state index is 10.9. The van der Waals surface area contributed by atoms with Gasteiger partial charge in [-0.05, 0) is 31.4 Å². The van der Waals surface area contributed by atoms with Crippen LogP contribution in [0.2, 0.25) is 0 Å². The molecule has 2 N–H and O–H groups in total. The van der Waals surface area contributed by atoms with Crippen LogP contribution < -0.4 is 5.73 Å². The molecule has 3 rings (SSSR count). The lowest BCUT2D eigenvalue weighted by Crippen LogP contribution is -2.06. The molecule has 0 spiro atoms. The Hall–Kier alpha value is -3.06. The van der Waals surface area contributed by atoms with Gasteiger partial charge in [0.05, 0.1) is 17.8 Å². The van der Waals surface area contributed by atoms with E-state index in [1.54, 1.807) is 0 Å². The second kappa shape index (κ2) is 5.98. The van der Waals surface area contributed by atoms with Gasteiger partial charge in [-0.2, -0.15) is 0 Å². The Kier molecular flexibility index (Phi) is 3.86. The maximum absolute atomic E-state index is 10.9. The van der Waals surface area contributed by atoms with Crippen molar-refractivity contribution < 1.29 is 4.79 Å². The van der Waals surface area contributed by atoms with Crippen molar-refractivity contribution in [3.63, 3.8) is 0 Å². The lowest BCUT2D eigenvalue weighted by Gasteiger charge is -2.03. The van der Waals surface area contributed by atoms with Gasteiger partial charge in [-0.15, -0.1) is 0 Å². The normalized spacial score (nSPS) is 10.3. The highest BCUT2D eigenvalue weighted by molar-refractivity contribution is 5.92. The van der Waals surface area contributed by atoms with Gasteiger partial charge in [0.25, 0.3) is 5.91 Å². The van der Waals surface area contributed by atoms with Gasteiger partial charge in [0.1, 0.15) is 5.65 Å².